The summed E-state index contributed by atoms with van der Waals surface area (Å²) in [5.41, 5.74) is 3.53. The number of hydrogen-bond donors (Lipinski definition) is 0. The average Bonchev–Trinajstić information content (AvgIpc) is 3.00. The third kappa shape index (κ3) is 3.06. The molecule has 0 spiro atoms. The number of aryl methyl sites for hydroxylation is 1. The summed E-state index contributed by atoms with van der Waals surface area (Å²) >= 11 is 0. The number of aromatic nitrogens is 3. The molecule has 0 atom stereocenters. The number of nitrogens with zero attached hydrogens (tertiary/aromatic N) is 3. The van der Waals surface area contributed by atoms with Crippen molar-refractivity contribution in [3.63, 3.8) is 0 Å². The Morgan fingerprint density at radius 2 is 1.57 bits per heavy atom. The van der Waals surface area contributed by atoms with Crippen LogP contribution in [0.2, 0.25) is 0 Å². The summed E-state index contributed by atoms with van der Waals surface area (Å²) in [5.74, 6) is -0.0563. The maximum atomic E-state index is 11.5. The van der Waals surface area contributed by atoms with Crippen molar-refractivity contribution in [3.8, 4) is 0 Å². The van der Waals surface area contributed by atoms with Crippen molar-refractivity contribution in [2.75, 3.05) is 0 Å². The zero-order valence-electron chi connectivity index (χ0n) is 13.1. The molecule has 0 saturated carbocycles. The summed E-state index contributed by atoms with van der Waals surface area (Å²) in [5, 5.41) is 8.25. The van der Waals surface area contributed by atoms with E-state index in [0.29, 0.717) is 5.69 Å². The summed E-state index contributed by atoms with van der Waals surface area (Å²) in [7, 11) is 0. The van der Waals surface area contributed by atoms with E-state index < -0.39 is 0 Å². The molecule has 0 aliphatic carbocycles. The predicted octanol–water partition coefficient (Wildman–Crippen LogP) is 3.68. The second-order valence-electron chi connectivity index (χ2n) is 5.46. The number of aldehydes is 1. The van der Waals surface area contributed by atoms with Gasteiger partial charge in [0.15, 0.2) is 6.29 Å². The fourth-order valence-electron chi connectivity index (χ4n) is 2.89. The molecule has 3 aromatic rings. The molecule has 23 heavy (non-hydrogen) atoms. The molecule has 116 valence electrons. The molecule has 0 aliphatic rings. The molecule has 2 aromatic carbocycles. The smallest absolute Gasteiger partial charge is 0.172 e. The summed E-state index contributed by atoms with van der Waals surface area (Å²) < 4.78 is 1.86. The normalized spacial score (nSPS) is 10.9. The topological polar surface area (TPSA) is 47.8 Å². The molecule has 4 nitrogen and oxygen atoms in total. The fraction of sp³-hybridized carbons (Fsp3) is 0.211. The standard InChI is InChI=1S/C19H19N3O/c1-2-13-22-19(17(14-23)20-21-22)18(15-9-5-3-6-10-15)16-11-7-4-8-12-16/h3-12,14,18H,2,13H2,1H3. The van der Waals surface area contributed by atoms with Crippen molar-refractivity contribution >= 4 is 6.29 Å². The zero-order chi connectivity index (χ0) is 16.1. The highest BCUT2D eigenvalue weighted by Gasteiger charge is 2.25. The van der Waals surface area contributed by atoms with Crippen molar-refractivity contribution in [2.45, 2.75) is 25.8 Å². The SMILES string of the molecule is CCCn1nnc(C=O)c1C(c1ccccc1)c1ccccc1. The van der Waals surface area contributed by atoms with Gasteiger partial charge in [0.05, 0.1) is 11.6 Å². The Morgan fingerprint density at radius 1 is 1.00 bits per heavy atom. The Hall–Kier alpha value is -2.75. The first-order chi connectivity index (χ1) is 11.3. The molecule has 0 saturated heterocycles. The summed E-state index contributed by atoms with van der Waals surface area (Å²) in [6.07, 6.45) is 1.73. The lowest BCUT2D eigenvalue weighted by molar-refractivity contribution is 0.111. The highest BCUT2D eigenvalue weighted by Crippen LogP contribution is 2.32. The van der Waals surface area contributed by atoms with Crippen LogP contribution in [0.4, 0.5) is 0 Å². The monoisotopic (exact) mass is 305 g/mol. The van der Waals surface area contributed by atoms with Crippen molar-refractivity contribution in [2.24, 2.45) is 0 Å². The fourth-order valence-corrected chi connectivity index (χ4v) is 2.89. The average molecular weight is 305 g/mol. The van der Waals surface area contributed by atoms with Crippen LogP contribution in [-0.4, -0.2) is 21.3 Å². The number of carbonyl (C=O) groups excluding carboxylic acids is 1. The molecule has 3 rings (SSSR count). The number of carbonyl (C=O) groups is 1. The van der Waals surface area contributed by atoms with Crippen molar-refractivity contribution in [1.29, 1.82) is 0 Å². The number of benzene rings is 2. The van der Waals surface area contributed by atoms with Crippen LogP contribution >= 0.6 is 0 Å². The van der Waals surface area contributed by atoms with Crippen molar-refractivity contribution in [1.82, 2.24) is 15.0 Å². The lowest BCUT2D eigenvalue weighted by atomic mass is 9.87. The predicted molar refractivity (Wildman–Crippen MR) is 89.5 cm³/mol. The lowest BCUT2D eigenvalue weighted by Crippen LogP contribution is -2.13. The Balaban J connectivity index is 2.21. The summed E-state index contributed by atoms with van der Waals surface area (Å²) in [4.78, 5) is 11.5. The molecule has 4 heteroatoms. The Kier molecular flexibility index (Phi) is 4.62. The van der Waals surface area contributed by atoms with Crippen LogP contribution < -0.4 is 0 Å². The van der Waals surface area contributed by atoms with E-state index >= 15 is 0 Å². The van der Waals surface area contributed by atoms with Crippen LogP contribution in [0.15, 0.2) is 60.7 Å². The van der Waals surface area contributed by atoms with Crippen LogP contribution in [0.5, 0.6) is 0 Å². The van der Waals surface area contributed by atoms with E-state index in [4.69, 9.17) is 0 Å². The molecule has 1 heterocycles. The van der Waals surface area contributed by atoms with E-state index in [1.165, 1.54) is 0 Å². The van der Waals surface area contributed by atoms with Crippen LogP contribution in [0.1, 0.15) is 46.6 Å². The van der Waals surface area contributed by atoms with Gasteiger partial charge in [-0.05, 0) is 17.5 Å². The first-order valence-corrected chi connectivity index (χ1v) is 7.83. The molecule has 1 aromatic heterocycles. The third-order valence-corrected chi connectivity index (χ3v) is 3.89. The van der Waals surface area contributed by atoms with Crippen molar-refractivity contribution < 1.29 is 4.79 Å². The minimum absolute atomic E-state index is 0.0563. The van der Waals surface area contributed by atoms with Gasteiger partial charge < -0.3 is 0 Å². The largest absolute Gasteiger partial charge is 0.296 e. The molecule has 0 fully saturated rings. The van der Waals surface area contributed by atoms with Gasteiger partial charge in [-0.15, -0.1) is 5.10 Å². The Bertz CT molecular complexity index is 726. The maximum Gasteiger partial charge on any atom is 0.172 e. The van der Waals surface area contributed by atoms with Gasteiger partial charge in [-0.2, -0.15) is 0 Å². The first kappa shape index (κ1) is 15.2. The third-order valence-electron chi connectivity index (χ3n) is 3.89. The van der Waals surface area contributed by atoms with Crippen LogP contribution in [0.3, 0.4) is 0 Å². The highest BCUT2D eigenvalue weighted by atomic mass is 16.1. The van der Waals surface area contributed by atoms with Crippen LogP contribution in [0.25, 0.3) is 0 Å². The number of rotatable bonds is 6. The van der Waals surface area contributed by atoms with Gasteiger partial charge in [0.25, 0.3) is 0 Å². The van der Waals surface area contributed by atoms with Gasteiger partial charge in [0.2, 0.25) is 0 Å². The molecular weight excluding hydrogens is 286 g/mol. The van der Waals surface area contributed by atoms with E-state index in [0.717, 1.165) is 36.1 Å². The van der Waals surface area contributed by atoms with Gasteiger partial charge in [-0.25, -0.2) is 4.68 Å². The van der Waals surface area contributed by atoms with E-state index in [1.54, 1.807) is 0 Å². The zero-order valence-corrected chi connectivity index (χ0v) is 13.1. The molecule has 0 aliphatic heterocycles. The second kappa shape index (κ2) is 7.01. The molecular formula is C19H19N3O. The Morgan fingerprint density at radius 3 is 2.04 bits per heavy atom. The molecule has 0 radical (unpaired) electrons. The quantitative estimate of drug-likeness (QED) is 0.653. The Labute approximate surface area is 135 Å². The summed E-state index contributed by atoms with van der Waals surface area (Å²) in [6, 6.07) is 20.4. The molecule has 0 unspecified atom stereocenters. The van der Waals surface area contributed by atoms with Gasteiger partial charge in [0, 0.05) is 6.54 Å². The van der Waals surface area contributed by atoms with Crippen molar-refractivity contribution in [3.05, 3.63) is 83.2 Å². The minimum atomic E-state index is -0.0563. The van der Waals surface area contributed by atoms with Gasteiger partial charge in [0.1, 0.15) is 5.69 Å². The first-order valence-electron chi connectivity index (χ1n) is 7.83. The molecule has 0 bridgehead atoms. The van der Waals surface area contributed by atoms with E-state index in [-0.39, 0.29) is 5.92 Å². The molecule has 0 amide bonds. The molecule has 0 N–H and O–H groups in total. The van der Waals surface area contributed by atoms with Crippen LogP contribution in [-0.2, 0) is 6.54 Å². The second-order valence-corrected chi connectivity index (χ2v) is 5.46. The highest BCUT2D eigenvalue weighted by molar-refractivity contribution is 5.74. The maximum absolute atomic E-state index is 11.5. The van der Waals surface area contributed by atoms with Gasteiger partial charge in [-0.3, -0.25) is 4.79 Å². The van der Waals surface area contributed by atoms with Crippen LogP contribution in [0, 0.1) is 0 Å². The minimum Gasteiger partial charge on any atom is -0.296 e. The van der Waals surface area contributed by atoms with Gasteiger partial charge in [-0.1, -0.05) is 72.8 Å². The van der Waals surface area contributed by atoms with E-state index in [1.807, 2.05) is 41.1 Å². The number of hydrogen-bond acceptors (Lipinski definition) is 3. The van der Waals surface area contributed by atoms with E-state index in [2.05, 4.69) is 41.5 Å². The lowest BCUT2D eigenvalue weighted by Gasteiger charge is -2.19. The van der Waals surface area contributed by atoms with E-state index in [9.17, 15) is 4.79 Å². The summed E-state index contributed by atoms with van der Waals surface area (Å²) in [6.45, 7) is 2.83. The van der Waals surface area contributed by atoms with Gasteiger partial charge >= 0.3 is 0 Å².